The van der Waals surface area contributed by atoms with Gasteiger partial charge in [-0.1, -0.05) is 12.1 Å². The molecular weight excluding hydrogens is 354 g/mol. The molecule has 2 N–H and O–H groups in total. The molecule has 1 fully saturated rings. The zero-order valence-electron chi connectivity index (χ0n) is 15.5. The Labute approximate surface area is 155 Å². The van der Waals surface area contributed by atoms with Gasteiger partial charge in [-0.25, -0.2) is 4.98 Å². The predicted octanol–water partition coefficient (Wildman–Crippen LogP) is 0.456. The van der Waals surface area contributed by atoms with Crippen molar-refractivity contribution in [3.63, 3.8) is 0 Å². The molecule has 1 saturated carbocycles. The van der Waals surface area contributed by atoms with Gasteiger partial charge in [-0.3, -0.25) is 9.59 Å². The third kappa shape index (κ3) is 4.16. The maximum absolute atomic E-state index is 12.7. The van der Waals surface area contributed by atoms with Crippen LogP contribution in [0.4, 0.5) is 0 Å². The summed E-state index contributed by atoms with van der Waals surface area (Å²) in [6.07, 6.45) is 1.64. The monoisotopic (exact) mass is 377 g/mol. The minimum Gasteiger partial charge on any atom is -0.448 e. The molecule has 146 valence electrons. The standard InChI is InChI=1S/C17H23N5O5/c1-4-14-20-13(21-27-14)7-22(3)17(25)10-5-11(12(23)6-10)19-16(24)15-9(2)26-8-18-15/h8,10-12,23H,4-7H2,1-3H3,(H,19,24)/t10-,11-,12-/m0/s1. The van der Waals surface area contributed by atoms with Crippen LogP contribution in [-0.2, 0) is 17.8 Å². The van der Waals surface area contributed by atoms with Crippen LogP contribution in [-0.4, -0.2) is 56.1 Å². The third-order valence-corrected chi connectivity index (χ3v) is 4.72. The molecule has 2 aromatic heterocycles. The molecule has 3 atom stereocenters. The fraction of sp³-hybridized carbons (Fsp3) is 0.588. The van der Waals surface area contributed by atoms with Gasteiger partial charge in [0.1, 0.15) is 5.76 Å². The van der Waals surface area contributed by atoms with E-state index in [0.29, 0.717) is 30.3 Å². The van der Waals surface area contributed by atoms with Crippen LogP contribution in [0.2, 0.25) is 0 Å². The molecule has 0 spiro atoms. The van der Waals surface area contributed by atoms with Gasteiger partial charge >= 0.3 is 0 Å². The fourth-order valence-electron chi connectivity index (χ4n) is 3.23. The number of hydrogen-bond acceptors (Lipinski definition) is 8. The molecule has 27 heavy (non-hydrogen) atoms. The van der Waals surface area contributed by atoms with Crippen molar-refractivity contribution in [1.29, 1.82) is 0 Å². The van der Waals surface area contributed by atoms with Gasteiger partial charge < -0.3 is 24.3 Å². The number of nitrogens with one attached hydrogen (secondary N) is 1. The van der Waals surface area contributed by atoms with Crippen LogP contribution < -0.4 is 5.32 Å². The number of nitrogens with zero attached hydrogens (tertiary/aromatic N) is 4. The minimum atomic E-state index is -0.805. The Bertz CT molecular complexity index is 816. The van der Waals surface area contributed by atoms with Crippen molar-refractivity contribution in [1.82, 2.24) is 25.3 Å². The van der Waals surface area contributed by atoms with Crippen molar-refractivity contribution in [2.75, 3.05) is 7.05 Å². The molecule has 0 bridgehead atoms. The SMILES string of the molecule is CCc1nc(CN(C)C(=O)[C@H]2C[C@H](NC(=O)c3ncoc3C)[C@@H](O)C2)no1. The van der Waals surface area contributed by atoms with Crippen molar-refractivity contribution in [2.45, 2.75) is 51.8 Å². The van der Waals surface area contributed by atoms with E-state index >= 15 is 0 Å². The van der Waals surface area contributed by atoms with Gasteiger partial charge in [0, 0.05) is 19.4 Å². The molecule has 1 aliphatic rings. The number of carbonyl (C=O) groups excluding carboxylic acids is 2. The molecule has 1 aliphatic carbocycles. The van der Waals surface area contributed by atoms with Gasteiger partial charge in [-0.05, 0) is 19.8 Å². The predicted molar refractivity (Wildman–Crippen MR) is 91.4 cm³/mol. The maximum Gasteiger partial charge on any atom is 0.273 e. The Kier molecular flexibility index (Phi) is 5.54. The molecule has 10 heteroatoms. The topological polar surface area (TPSA) is 135 Å². The minimum absolute atomic E-state index is 0.133. The van der Waals surface area contributed by atoms with E-state index in [-0.39, 0.29) is 24.6 Å². The summed E-state index contributed by atoms with van der Waals surface area (Å²) in [6.45, 7) is 3.77. The number of rotatable bonds is 6. The molecule has 2 heterocycles. The summed E-state index contributed by atoms with van der Waals surface area (Å²) in [6, 6.07) is -0.521. The molecule has 0 radical (unpaired) electrons. The number of aliphatic hydroxyl groups excluding tert-OH is 1. The van der Waals surface area contributed by atoms with Gasteiger partial charge in [0.25, 0.3) is 5.91 Å². The lowest BCUT2D eigenvalue weighted by Crippen LogP contribution is -2.40. The van der Waals surface area contributed by atoms with E-state index in [1.165, 1.54) is 11.3 Å². The fourth-order valence-corrected chi connectivity index (χ4v) is 3.23. The Hall–Kier alpha value is -2.75. The zero-order chi connectivity index (χ0) is 19.6. The summed E-state index contributed by atoms with van der Waals surface area (Å²) in [5, 5.41) is 16.8. The van der Waals surface area contributed by atoms with Crippen molar-refractivity contribution in [3.8, 4) is 0 Å². The van der Waals surface area contributed by atoms with Crippen LogP contribution in [0, 0.1) is 12.8 Å². The average Bonchev–Trinajstić information content (AvgIpc) is 3.35. The maximum atomic E-state index is 12.7. The molecule has 0 unspecified atom stereocenters. The molecular formula is C17H23N5O5. The van der Waals surface area contributed by atoms with E-state index in [2.05, 4.69) is 20.4 Å². The summed E-state index contributed by atoms with van der Waals surface area (Å²) in [4.78, 5) is 34.5. The normalized spacial score (nSPS) is 22.0. The van der Waals surface area contributed by atoms with Crippen LogP contribution in [0.25, 0.3) is 0 Å². The molecule has 3 rings (SSSR count). The first-order valence-corrected chi connectivity index (χ1v) is 8.84. The largest absolute Gasteiger partial charge is 0.448 e. The second-order valence-electron chi connectivity index (χ2n) is 6.72. The first-order valence-electron chi connectivity index (χ1n) is 8.84. The Morgan fingerprint density at radius 3 is 2.81 bits per heavy atom. The lowest BCUT2D eigenvalue weighted by Gasteiger charge is -2.19. The number of aliphatic hydroxyl groups is 1. The molecule has 0 saturated heterocycles. The summed E-state index contributed by atoms with van der Waals surface area (Å²) >= 11 is 0. The molecule has 2 aromatic rings. The summed E-state index contributed by atoms with van der Waals surface area (Å²) < 4.78 is 10.1. The van der Waals surface area contributed by atoms with Gasteiger partial charge in [-0.2, -0.15) is 4.98 Å². The quantitative estimate of drug-likeness (QED) is 0.741. The van der Waals surface area contributed by atoms with Crippen molar-refractivity contribution in [3.05, 3.63) is 29.6 Å². The van der Waals surface area contributed by atoms with Crippen LogP contribution in [0.1, 0.15) is 47.7 Å². The van der Waals surface area contributed by atoms with E-state index in [4.69, 9.17) is 8.94 Å². The van der Waals surface area contributed by atoms with Crippen LogP contribution in [0.15, 0.2) is 15.3 Å². The molecule has 0 aromatic carbocycles. The molecule has 10 nitrogen and oxygen atoms in total. The van der Waals surface area contributed by atoms with E-state index in [0.717, 1.165) is 0 Å². The molecule has 2 amide bonds. The van der Waals surface area contributed by atoms with Crippen molar-refractivity contribution >= 4 is 11.8 Å². The van der Waals surface area contributed by atoms with Crippen LogP contribution in [0.3, 0.4) is 0 Å². The van der Waals surface area contributed by atoms with Gasteiger partial charge in [0.15, 0.2) is 17.9 Å². The average molecular weight is 377 g/mol. The van der Waals surface area contributed by atoms with E-state index in [9.17, 15) is 14.7 Å². The van der Waals surface area contributed by atoms with E-state index < -0.39 is 24.0 Å². The number of aromatic nitrogens is 3. The van der Waals surface area contributed by atoms with E-state index in [1.54, 1.807) is 14.0 Å². The highest BCUT2D eigenvalue weighted by Gasteiger charge is 2.39. The summed E-state index contributed by atoms with van der Waals surface area (Å²) in [5.74, 6) is 0.405. The highest BCUT2D eigenvalue weighted by Crippen LogP contribution is 2.28. The van der Waals surface area contributed by atoms with Crippen molar-refractivity contribution < 1.29 is 23.6 Å². The Morgan fingerprint density at radius 2 is 2.19 bits per heavy atom. The highest BCUT2D eigenvalue weighted by atomic mass is 16.5. The number of aryl methyl sites for hydroxylation is 2. The first kappa shape index (κ1) is 19.0. The van der Waals surface area contributed by atoms with Crippen LogP contribution in [0.5, 0.6) is 0 Å². The van der Waals surface area contributed by atoms with Crippen molar-refractivity contribution in [2.24, 2.45) is 5.92 Å². The number of oxazole rings is 1. The van der Waals surface area contributed by atoms with Gasteiger partial charge in [0.2, 0.25) is 11.8 Å². The Balaban J connectivity index is 1.57. The van der Waals surface area contributed by atoms with Gasteiger partial charge in [-0.15, -0.1) is 0 Å². The number of amides is 2. The lowest BCUT2D eigenvalue weighted by atomic mass is 10.1. The second-order valence-corrected chi connectivity index (χ2v) is 6.72. The Morgan fingerprint density at radius 1 is 1.41 bits per heavy atom. The number of hydrogen-bond donors (Lipinski definition) is 2. The smallest absolute Gasteiger partial charge is 0.273 e. The lowest BCUT2D eigenvalue weighted by molar-refractivity contribution is -0.134. The van der Waals surface area contributed by atoms with Crippen LogP contribution >= 0.6 is 0 Å². The second kappa shape index (κ2) is 7.87. The first-order chi connectivity index (χ1) is 12.9. The third-order valence-electron chi connectivity index (χ3n) is 4.72. The summed E-state index contributed by atoms with van der Waals surface area (Å²) in [7, 11) is 1.65. The summed E-state index contributed by atoms with van der Waals surface area (Å²) in [5.41, 5.74) is 0.179. The number of carbonyl (C=O) groups is 2. The van der Waals surface area contributed by atoms with Gasteiger partial charge in [0.05, 0.1) is 18.7 Å². The zero-order valence-corrected chi connectivity index (χ0v) is 15.5. The molecule has 0 aliphatic heterocycles. The van der Waals surface area contributed by atoms with E-state index in [1.807, 2.05) is 6.92 Å². The highest BCUT2D eigenvalue weighted by molar-refractivity contribution is 5.93.